The Morgan fingerprint density at radius 1 is 1.08 bits per heavy atom. The van der Waals surface area contributed by atoms with Crippen molar-refractivity contribution in [2.45, 2.75) is 11.8 Å². The molecule has 1 fully saturated rings. The Morgan fingerprint density at radius 2 is 1.77 bits per heavy atom. The van der Waals surface area contributed by atoms with Gasteiger partial charge in [-0.25, -0.2) is 0 Å². The molecule has 136 valence electrons. The number of nitrogens with one attached hydrogen (secondary N) is 1. The monoisotopic (exact) mass is 370 g/mol. The van der Waals surface area contributed by atoms with Gasteiger partial charge in [-0.15, -0.1) is 11.8 Å². The SMILES string of the molecule is Cc1ccc(SCC(=O)Nc2ccccc2C(=O)N2CCOCC2)cc1. The van der Waals surface area contributed by atoms with Gasteiger partial charge in [-0.2, -0.15) is 0 Å². The number of aryl methyl sites for hydroxylation is 1. The number of thioether (sulfide) groups is 1. The van der Waals surface area contributed by atoms with Crippen LogP contribution in [0.4, 0.5) is 5.69 Å². The molecule has 3 rings (SSSR count). The summed E-state index contributed by atoms with van der Waals surface area (Å²) in [6, 6.07) is 15.2. The lowest BCUT2D eigenvalue weighted by molar-refractivity contribution is -0.113. The molecular weight excluding hydrogens is 348 g/mol. The molecule has 5 nitrogen and oxygen atoms in total. The highest BCUT2D eigenvalue weighted by molar-refractivity contribution is 8.00. The van der Waals surface area contributed by atoms with Crippen LogP contribution in [0.1, 0.15) is 15.9 Å². The van der Waals surface area contributed by atoms with E-state index in [9.17, 15) is 9.59 Å². The van der Waals surface area contributed by atoms with E-state index in [0.717, 1.165) is 4.90 Å². The maximum Gasteiger partial charge on any atom is 0.256 e. The number of ether oxygens (including phenoxy) is 1. The zero-order valence-corrected chi connectivity index (χ0v) is 15.6. The summed E-state index contributed by atoms with van der Waals surface area (Å²) < 4.78 is 5.30. The lowest BCUT2D eigenvalue weighted by Gasteiger charge is -2.27. The predicted molar refractivity (Wildman–Crippen MR) is 104 cm³/mol. The maximum absolute atomic E-state index is 12.7. The molecule has 1 aliphatic heterocycles. The van der Waals surface area contributed by atoms with Gasteiger partial charge in [0.25, 0.3) is 5.91 Å². The average molecular weight is 370 g/mol. The Kier molecular flexibility index (Phi) is 6.30. The average Bonchev–Trinajstić information content (AvgIpc) is 2.68. The first-order valence-corrected chi connectivity index (χ1v) is 9.57. The third kappa shape index (κ3) is 4.86. The molecule has 2 aromatic carbocycles. The van der Waals surface area contributed by atoms with Crippen molar-refractivity contribution in [3.63, 3.8) is 0 Å². The Balaban J connectivity index is 1.62. The van der Waals surface area contributed by atoms with E-state index in [4.69, 9.17) is 4.74 Å². The lowest BCUT2D eigenvalue weighted by Crippen LogP contribution is -2.41. The number of rotatable bonds is 5. The fourth-order valence-electron chi connectivity index (χ4n) is 2.69. The molecule has 0 radical (unpaired) electrons. The smallest absolute Gasteiger partial charge is 0.256 e. The molecule has 26 heavy (non-hydrogen) atoms. The van der Waals surface area contributed by atoms with Crippen LogP contribution in [-0.4, -0.2) is 48.8 Å². The van der Waals surface area contributed by atoms with Crippen LogP contribution in [0.2, 0.25) is 0 Å². The fourth-order valence-corrected chi connectivity index (χ4v) is 3.38. The van der Waals surface area contributed by atoms with Crippen molar-refractivity contribution < 1.29 is 14.3 Å². The normalized spacial score (nSPS) is 14.1. The fraction of sp³-hybridized carbons (Fsp3) is 0.300. The van der Waals surface area contributed by atoms with Gasteiger partial charge in [0, 0.05) is 18.0 Å². The Labute approximate surface area is 157 Å². The molecule has 0 saturated carbocycles. The van der Waals surface area contributed by atoms with Gasteiger partial charge in [-0.05, 0) is 31.2 Å². The van der Waals surface area contributed by atoms with Crippen LogP contribution in [-0.2, 0) is 9.53 Å². The highest BCUT2D eigenvalue weighted by Gasteiger charge is 2.21. The molecule has 2 aromatic rings. The summed E-state index contributed by atoms with van der Waals surface area (Å²) in [5.41, 5.74) is 2.26. The van der Waals surface area contributed by atoms with E-state index in [-0.39, 0.29) is 11.8 Å². The summed E-state index contributed by atoms with van der Waals surface area (Å²) in [7, 11) is 0. The van der Waals surface area contributed by atoms with Crippen molar-refractivity contribution in [2.24, 2.45) is 0 Å². The highest BCUT2D eigenvalue weighted by atomic mass is 32.2. The molecule has 0 atom stereocenters. The summed E-state index contributed by atoms with van der Waals surface area (Å²) >= 11 is 1.47. The van der Waals surface area contributed by atoms with Gasteiger partial charge in [0.15, 0.2) is 0 Å². The van der Waals surface area contributed by atoms with Crippen molar-refractivity contribution in [3.8, 4) is 0 Å². The van der Waals surface area contributed by atoms with Crippen LogP contribution in [0.3, 0.4) is 0 Å². The third-order valence-electron chi connectivity index (χ3n) is 4.12. The van der Waals surface area contributed by atoms with Crippen molar-refractivity contribution in [1.29, 1.82) is 0 Å². The van der Waals surface area contributed by atoms with E-state index in [0.29, 0.717) is 43.3 Å². The molecular formula is C20H22N2O3S. The van der Waals surface area contributed by atoms with Crippen LogP contribution in [0.25, 0.3) is 0 Å². The van der Waals surface area contributed by atoms with Crippen molar-refractivity contribution in [1.82, 2.24) is 4.90 Å². The quantitative estimate of drug-likeness (QED) is 0.821. The summed E-state index contributed by atoms with van der Waals surface area (Å²) in [6.45, 7) is 4.28. The van der Waals surface area contributed by atoms with Gasteiger partial charge in [-0.1, -0.05) is 29.8 Å². The zero-order chi connectivity index (χ0) is 18.4. The number of carbonyl (C=O) groups is 2. The number of nitrogens with zero attached hydrogens (tertiary/aromatic N) is 1. The standard InChI is InChI=1S/C20H22N2O3S/c1-15-6-8-16(9-7-15)26-14-19(23)21-18-5-3-2-4-17(18)20(24)22-10-12-25-13-11-22/h2-9H,10-14H2,1H3,(H,21,23). The van der Waals surface area contributed by atoms with Crippen LogP contribution in [0.5, 0.6) is 0 Å². The second-order valence-corrected chi connectivity index (χ2v) is 7.15. The molecule has 0 aliphatic carbocycles. The van der Waals surface area contributed by atoms with Gasteiger partial charge < -0.3 is 15.0 Å². The molecule has 0 unspecified atom stereocenters. The summed E-state index contributed by atoms with van der Waals surface area (Å²) in [5, 5.41) is 2.87. The van der Waals surface area contributed by atoms with E-state index in [1.807, 2.05) is 43.3 Å². The summed E-state index contributed by atoms with van der Waals surface area (Å²) in [6.07, 6.45) is 0. The minimum absolute atomic E-state index is 0.0737. The number of amides is 2. The number of anilines is 1. The first-order valence-electron chi connectivity index (χ1n) is 8.59. The Bertz CT molecular complexity index is 771. The number of para-hydroxylation sites is 1. The van der Waals surface area contributed by atoms with Crippen LogP contribution in [0.15, 0.2) is 53.4 Å². The minimum Gasteiger partial charge on any atom is -0.378 e. The van der Waals surface area contributed by atoms with E-state index >= 15 is 0 Å². The van der Waals surface area contributed by atoms with E-state index in [2.05, 4.69) is 5.32 Å². The van der Waals surface area contributed by atoms with E-state index in [1.165, 1.54) is 17.3 Å². The lowest BCUT2D eigenvalue weighted by atomic mass is 10.1. The molecule has 1 saturated heterocycles. The number of benzene rings is 2. The molecule has 6 heteroatoms. The van der Waals surface area contributed by atoms with Crippen LogP contribution in [0, 0.1) is 6.92 Å². The molecule has 1 aliphatic rings. The van der Waals surface area contributed by atoms with Crippen LogP contribution >= 0.6 is 11.8 Å². The third-order valence-corrected chi connectivity index (χ3v) is 5.13. The van der Waals surface area contributed by atoms with Gasteiger partial charge in [0.05, 0.1) is 30.2 Å². The van der Waals surface area contributed by atoms with E-state index in [1.54, 1.807) is 17.0 Å². The molecule has 0 bridgehead atoms. The number of carbonyl (C=O) groups excluding carboxylic acids is 2. The summed E-state index contributed by atoms with van der Waals surface area (Å²) in [5.74, 6) is 0.0940. The molecule has 1 N–H and O–H groups in total. The summed E-state index contributed by atoms with van der Waals surface area (Å²) in [4.78, 5) is 27.9. The maximum atomic E-state index is 12.7. The number of hydrogen-bond acceptors (Lipinski definition) is 4. The van der Waals surface area contributed by atoms with Gasteiger partial charge in [-0.3, -0.25) is 9.59 Å². The van der Waals surface area contributed by atoms with Gasteiger partial charge >= 0.3 is 0 Å². The number of morpholine rings is 1. The van der Waals surface area contributed by atoms with Crippen molar-refractivity contribution in [3.05, 3.63) is 59.7 Å². The molecule has 0 aromatic heterocycles. The zero-order valence-electron chi connectivity index (χ0n) is 14.7. The molecule has 0 spiro atoms. The Hall–Kier alpha value is -2.31. The van der Waals surface area contributed by atoms with Crippen molar-refractivity contribution >= 4 is 29.3 Å². The first kappa shape index (κ1) is 18.5. The second-order valence-electron chi connectivity index (χ2n) is 6.10. The van der Waals surface area contributed by atoms with Gasteiger partial charge in [0.1, 0.15) is 0 Å². The predicted octanol–water partition coefficient (Wildman–Crippen LogP) is 3.20. The van der Waals surface area contributed by atoms with E-state index < -0.39 is 0 Å². The largest absolute Gasteiger partial charge is 0.378 e. The molecule has 1 heterocycles. The number of hydrogen-bond donors (Lipinski definition) is 1. The minimum atomic E-state index is -0.127. The van der Waals surface area contributed by atoms with Gasteiger partial charge in [0.2, 0.25) is 5.91 Å². The second kappa shape index (κ2) is 8.87. The van der Waals surface area contributed by atoms with Crippen LogP contribution < -0.4 is 5.32 Å². The van der Waals surface area contributed by atoms with Crippen molar-refractivity contribution in [2.75, 3.05) is 37.4 Å². The Morgan fingerprint density at radius 3 is 2.50 bits per heavy atom. The highest BCUT2D eigenvalue weighted by Crippen LogP contribution is 2.21. The topological polar surface area (TPSA) is 58.6 Å². The first-order chi connectivity index (χ1) is 12.6. The molecule has 2 amide bonds.